The molecule has 2 aromatic carbocycles. The Morgan fingerprint density at radius 2 is 1.75 bits per heavy atom. The summed E-state index contributed by atoms with van der Waals surface area (Å²) in [5, 5.41) is 3.39. The fourth-order valence-electron chi connectivity index (χ4n) is 2.82. The number of thioether (sulfide) groups is 1. The van der Waals surface area contributed by atoms with Gasteiger partial charge in [-0.15, -0.1) is 11.8 Å². The zero-order valence-electron chi connectivity index (χ0n) is 16.6. The molecule has 0 aliphatic heterocycles. The van der Waals surface area contributed by atoms with E-state index in [2.05, 4.69) is 24.4 Å². The van der Waals surface area contributed by atoms with E-state index in [4.69, 9.17) is 11.6 Å². The average molecular weight is 419 g/mol. The van der Waals surface area contributed by atoms with Gasteiger partial charge in [0, 0.05) is 23.9 Å². The van der Waals surface area contributed by atoms with Crippen molar-refractivity contribution in [3.8, 4) is 0 Å². The lowest BCUT2D eigenvalue weighted by atomic mass is 10.1. The van der Waals surface area contributed by atoms with Gasteiger partial charge in [-0.25, -0.2) is 0 Å². The Kier molecular flexibility index (Phi) is 8.87. The molecule has 0 unspecified atom stereocenters. The minimum atomic E-state index is -0.567. The third-order valence-corrected chi connectivity index (χ3v) is 5.90. The van der Waals surface area contributed by atoms with Crippen LogP contribution in [0.3, 0.4) is 0 Å². The topological polar surface area (TPSA) is 49.4 Å². The standard InChI is InChI=1S/C22H27ClN2O2S/c1-4-24-22(27)17(3)25(13-18-10-7-8-12-20(18)23)21(26)15-28-14-19-11-6-5-9-16(19)2/h5-12,17H,4,13-15H2,1-3H3,(H,24,27)/t17-/m1/s1. The molecule has 0 radical (unpaired) electrons. The van der Waals surface area contributed by atoms with E-state index in [1.54, 1.807) is 29.7 Å². The minimum absolute atomic E-state index is 0.0720. The van der Waals surface area contributed by atoms with E-state index >= 15 is 0 Å². The summed E-state index contributed by atoms with van der Waals surface area (Å²) in [7, 11) is 0. The van der Waals surface area contributed by atoms with Crippen molar-refractivity contribution in [2.75, 3.05) is 12.3 Å². The highest BCUT2D eigenvalue weighted by Gasteiger charge is 2.26. The molecule has 0 fully saturated rings. The van der Waals surface area contributed by atoms with Crippen LogP contribution in [0.25, 0.3) is 0 Å². The number of nitrogens with zero attached hydrogens (tertiary/aromatic N) is 1. The van der Waals surface area contributed by atoms with Crippen molar-refractivity contribution < 1.29 is 9.59 Å². The molecule has 6 heteroatoms. The number of rotatable bonds is 9. The predicted octanol–water partition coefficient (Wildman–Crippen LogP) is 4.44. The maximum atomic E-state index is 13.0. The molecule has 0 aromatic heterocycles. The van der Waals surface area contributed by atoms with Crippen molar-refractivity contribution in [1.82, 2.24) is 10.2 Å². The van der Waals surface area contributed by atoms with Gasteiger partial charge in [0.05, 0.1) is 5.75 Å². The molecule has 150 valence electrons. The van der Waals surface area contributed by atoms with Crippen LogP contribution in [0.2, 0.25) is 5.02 Å². The third kappa shape index (κ3) is 6.28. The summed E-state index contributed by atoms with van der Waals surface area (Å²) >= 11 is 7.83. The van der Waals surface area contributed by atoms with Gasteiger partial charge in [-0.1, -0.05) is 54.1 Å². The Morgan fingerprint density at radius 1 is 1.11 bits per heavy atom. The lowest BCUT2D eigenvalue weighted by Crippen LogP contribution is -2.48. The number of carbonyl (C=O) groups excluding carboxylic acids is 2. The summed E-state index contributed by atoms with van der Waals surface area (Å²) in [6, 6.07) is 15.0. The molecule has 0 aliphatic rings. The summed E-state index contributed by atoms with van der Waals surface area (Å²) in [6.45, 7) is 6.52. The second-order valence-electron chi connectivity index (χ2n) is 6.60. The zero-order valence-corrected chi connectivity index (χ0v) is 18.1. The molecule has 0 saturated carbocycles. The fraction of sp³-hybridized carbons (Fsp3) is 0.364. The zero-order chi connectivity index (χ0) is 20.5. The van der Waals surface area contributed by atoms with Gasteiger partial charge in [0.2, 0.25) is 11.8 Å². The molecule has 2 rings (SSSR count). The number of amides is 2. The molecule has 1 N–H and O–H groups in total. The average Bonchev–Trinajstić information content (AvgIpc) is 2.68. The van der Waals surface area contributed by atoms with Gasteiger partial charge >= 0.3 is 0 Å². The largest absolute Gasteiger partial charge is 0.355 e. The van der Waals surface area contributed by atoms with E-state index in [1.165, 1.54) is 11.1 Å². The van der Waals surface area contributed by atoms with Crippen molar-refractivity contribution in [3.05, 3.63) is 70.2 Å². The maximum Gasteiger partial charge on any atom is 0.242 e. The van der Waals surface area contributed by atoms with Gasteiger partial charge in [-0.2, -0.15) is 0 Å². The minimum Gasteiger partial charge on any atom is -0.355 e. The second-order valence-corrected chi connectivity index (χ2v) is 8.00. The number of likely N-dealkylation sites (N-methyl/N-ethyl adjacent to an activating group) is 1. The van der Waals surface area contributed by atoms with Crippen molar-refractivity contribution in [2.45, 2.75) is 39.1 Å². The Morgan fingerprint density at radius 3 is 2.39 bits per heavy atom. The normalized spacial score (nSPS) is 11.7. The monoisotopic (exact) mass is 418 g/mol. The van der Waals surface area contributed by atoms with Crippen LogP contribution in [0.5, 0.6) is 0 Å². The highest BCUT2D eigenvalue weighted by Crippen LogP contribution is 2.21. The van der Waals surface area contributed by atoms with Crippen molar-refractivity contribution in [2.24, 2.45) is 0 Å². The van der Waals surface area contributed by atoms with E-state index in [9.17, 15) is 9.59 Å². The number of aryl methyl sites for hydroxylation is 1. The van der Waals surface area contributed by atoms with E-state index in [1.807, 2.05) is 37.3 Å². The number of nitrogens with one attached hydrogen (secondary N) is 1. The number of carbonyl (C=O) groups is 2. The van der Waals surface area contributed by atoms with Crippen LogP contribution in [0, 0.1) is 6.92 Å². The summed E-state index contributed by atoms with van der Waals surface area (Å²) < 4.78 is 0. The van der Waals surface area contributed by atoms with Crippen LogP contribution in [-0.4, -0.2) is 35.1 Å². The van der Waals surface area contributed by atoms with Gasteiger partial charge < -0.3 is 10.2 Å². The summed E-state index contributed by atoms with van der Waals surface area (Å²) in [6.07, 6.45) is 0. The molecule has 2 aromatic rings. The first-order valence-corrected chi connectivity index (χ1v) is 10.9. The SMILES string of the molecule is CCNC(=O)[C@@H](C)N(Cc1ccccc1Cl)C(=O)CSCc1ccccc1C. The number of halogens is 1. The van der Waals surface area contributed by atoms with Crippen molar-refractivity contribution >= 4 is 35.2 Å². The maximum absolute atomic E-state index is 13.0. The van der Waals surface area contributed by atoms with E-state index < -0.39 is 6.04 Å². The molecule has 2 amide bonds. The molecule has 0 bridgehead atoms. The van der Waals surface area contributed by atoms with Crippen LogP contribution in [0.4, 0.5) is 0 Å². The fourth-order valence-corrected chi connectivity index (χ4v) is 4.00. The van der Waals surface area contributed by atoms with E-state index in [0.717, 1.165) is 11.3 Å². The predicted molar refractivity (Wildman–Crippen MR) is 117 cm³/mol. The number of hydrogen-bond acceptors (Lipinski definition) is 3. The molecular weight excluding hydrogens is 392 g/mol. The molecule has 0 spiro atoms. The molecule has 0 heterocycles. The van der Waals surface area contributed by atoms with E-state index in [0.29, 0.717) is 23.9 Å². The van der Waals surface area contributed by atoms with Crippen LogP contribution in [0.15, 0.2) is 48.5 Å². The first-order chi connectivity index (χ1) is 13.4. The quantitative estimate of drug-likeness (QED) is 0.655. The van der Waals surface area contributed by atoms with Crippen LogP contribution < -0.4 is 5.32 Å². The Balaban J connectivity index is 2.08. The lowest BCUT2D eigenvalue weighted by Gasteiger charge is -2.29. The summed E-state index contributed by atoms with van der Waals surface area (Å²) in [5.74, 6) is 0.834. The smallest absolute Gasteiger partial charge is 0.242 e. The van der Waals surface area contributed by atoms with Crippen LogP contribution in [-0.2, 0) is 21.9 Å². The highest BCUT2D eigenvalue weighted by molar-refractivity contribution is 7.99. The Hall–Kier alpha value is -1.98. The van der Waals surface area contributed by atoms with Gasteiger partial charge in [0.15, 0.2) is 0 Å². The molecule has 28 heavy (non-hydrogen) atoms. The molecular formula is C22H27ClN2O2S. The lowest BCUT2D eigenvalue weighted by molar-refractivity contribution is -0.138. The Bertz CT molecular complexity index is 813. The molecule has 0 saturated heterocycles. The van der Waals surface area contributed by atoms with Gasteiger partial charge in [-0.3, -0.25) is 9.59 Å². The van der Waals surface area contributed by atoms with Gasteiger partial charge in [0.1, 0.15) is 6.04 Å². The summed E-state index contributed by atoms with van der Waals surface area (Å²) in [5.41, 5.74) is 3.26. The number of benzene rings is 2. The first-order valence-electron chi connectivity index (χ1n) is 9.36. The molecule has 4 nitrogen and oxygen atoms in total. The third-order valence-electron chi connectivity index (χ3n) is 4.56. The van der Waals surface area contributed by atoms with Gasteiger partial charge in [0.25, 0.3) is 0 Å². The van der Waals surface area contributed by atoms with Crippen molar-refractivity contribution in [3.63, 3.8) is 0 Å². The van der Waals surface area contributed by atoms with Gasteiger partial charge in [-0.05, 0) is 43.5 Å². The molecule has 1 atom stereocenters. The number of hydrogen-bond donors (Lipinski definition) is 1. The van der Waals surface area contributed by atoms with Crippen LogP contribution in [0.1, 0.15) is 30.5 Å². The highest BCUT2D eigenvalue weighted by atomic mass is 35.5. The second kappa shape index (κ2) is 11.1. The summed E-state index contributed by atoms with van der Waals surface area (Å²) in [4.78, 5) is 26.9. The molecule has 0 aliphatic carbocycles. The van der Waals surface area contributed by atoms with E-state index in [-0.39, 0.29) is 11.8 Å². The Labute approximate surface area is 176 Å². The first kappa shape index (κ1) is 22.3. The van der Waals surface area contributed by atoms with Crippen LogP contribution >= 0.6 is 23.4 Å². The van der Waals surface area contributed by atoms with Crippen molar-refractivity contribution in [1.29, 1.82) is 0 Å².